The average molecular weight is 612 g/mol. The number of hydrogen-bond acceptors (Lipinski definition) is 4. The van der Waals surface area contributed by atoms with Gasteiger partial charge in [-0.15, -0.1) is 0 Å². The van der Waals surface area contributed by atoms with Crippen LogP contribution in [0.1, 0.15) is 51.3 Å². The van der Waals surface area contributed by atoms with E-state index in [0.717, 1.165) is 27.3 Å². The molecule has 7 nitrogen and oxygen atoms in total. The number of nitrogens with one attached hydrogen (secondary N) is 1. The normalized spacial score (nSPS) is 12.6. The van der Waals surface area contributed by atoms with Crippen LogP contribution in [-0.4, -0.2) is 50.5 Å². The van der Waals surface area contributed by atoms with Crippen molar-refractivity contribution in [2.24, 2.45) is 5.92 Å². The summed E-state index contributed by atoms with van der Waals surface area (Å²) in [5, 5.41) is 3.48. The van der Waals surface area contributed by atoms with Gasteiger partial charge in [0.1, 0.15) is 12.6 Å². The predicted octanol–water partition coefficient (Wildman–Crippen LogP) is 5.82. The molecule has 0 saturated carbocycles. The minimum absolute atomic E-state index is 0.0759. The Balaban J connectivity index is 2.04. The molecule has 0 spiro atoms. The monoisotopic (exact) mass is 611 g/mol. The van der Waals surface area contributed by atoms with Gasteiger partial charge in [0.05, 0.1) is 11.9 Å². The van der Waals surface area contributed by atoms with E-state index in [1.165, 1.54) is 4.90 Å². The Labute approximate surface area is 255 Å². The zero-order valence-electron chi connectivity index (χ0n) is 25.3. The van der Waals surface area contributed by atoms with E-state index < -0.39 is 28.5 Å². The Morgan fingerprint density at radius 1 is 0.905 bits per heavy atom. The van der Waals surface area contributed by atoms with Gasteiger partial charge in [0, 0.05) is 24.5 Å². The number of carbonyl (C=O) groups is 2. The van der Waals surface area contributed by atoms with E-state index in [1.807, 2.05) is 62.4 Å². The molecule has 42 heavy (non-hydrogen) atoms. The summed E-state index contributed by atoms with van der Waals surface area (Å²) in [6.07, 6.45) is 1.34. The van der Waals surface area contributed by atoms with Crippen molar-refractivity contribution < 1.29 is 18.0 Å². The van der Waals surface area contributed by atoms with Crippen molar-refractivity contribution in [1.29, 1.82) is 0 Å². The first-order chi connectivity index (χ1) is 19.6. The minimum atomic E-state index is -3.84. The van der Waals surface area contributed by atoms with Crippen molar-refractivity contribution in [3.63, 3.8) is 0 Å². The lowest BCUT2D eigenvalue weighted by molar-refractivity contribution is -0.140. The molecule has 1 unspecified atom stereocenters. The summed E-state index contributed by atoms with van der Waals surface area (Å²) in [4.78, 5) is 29.3. The van der Waals surface area contributed by atoms with Gasteiger partial charge in [-0.2, -0.15) is 0 Å². The molecular formula is C33H42ClN3O4S. The number of halogens is 1. The van der Waals surface area contributed by atoms with Crippen LogP contribution in [0.25, 0.3) is 0 Å². The van der Waals surface area contributed by atoms with Crippen molar-refractivity contribution in [3.8, 4) is 0 Å². The summed E-state index contributed by atoms with van der Waals surface area (Å²) >= 11 is 6.26. The molecule has 9 heteroatoms. The fraction of sp³-hybridized carbons (Fsp3) is 0.394. The molecule has 3 aromatic rings. The molecule has 226 valence electrons. The van der Waals surface area contributed by atoms with Crippen LogP contribution in [0, 0.1) is 5.92 Å². The summed E-state index contributed by atoms with van der Waals surface area (Å²) in [5.41, 5.74) is 2.91. The summed E-state index contributed by atoms with van der Waals surface area (Å²) < 4.78 is 27.1. The molecule has 0 radical (unpaired) electrons. The van der Waals surface area contributed by atoms with E-state index >= 15 is 0 Å². The van der Waals surface area contributed by atoms with Gasteiger partial charge in [-0.25, -0.2) is 8.42 Å². The first-order valence-corrected chi connectivity index (χ1v) is 16.3. The van der Waals surface area contributed by atoms with Crippen LogP contribution in [0.2, 0.25) is 5.02 Å². The van der Waals surface area contributed by atoms with Crippen molar-refractivity contribution in [3.05, 3.63) is 101 Å². The third kappa shape index (κ3) is 9.60. The SMILES string of the molecule is CC(C)CNC(=O)C(Cc1ccccc1)N(Cc1cccc(Cl)c1)C(=O)CN(c1ccc(C(C)(C)C)cc1)S(C)(=O)=O. The quantitative estimate of drug-likeness (QED) is 0.280. The Bertz CT molecular complexity index is 1450. The molecule has 0 aliphatic rings. The van der Waals surface area contributed by atoms with Crippen molar-refractivity contribution in [2.45, 2.75) is 59.0 Å². The molecule has 0 saturated heterocycles. The molecule has 3 aromatic carbocycles. The molecule has 0 aliphatic carbocycles. The van der Waals surface area contributed by atoms with Crippen molar-refractivity contribution in [1.82, 2.24) is 10.2 Å². The van der Waals surface area contributed by atoms with Gasteiger partial charge in [-0.05, 0) is 52.3 Å². The summed E-state index contributed by atoms with van der Waals surface area (Å²) in [7, 11) is -3.84. The van der Waals surface area contributed by atoms with Gasteiger partial charge in [0.15, 0.2) is 0 Å². The van der Waals surface area contributed by atoms with Crippen LogP contribution in [0.5, 0.6) is 0 Å². The van der Waals surface area contributed by atoms with E-state index in [0.29, 0.717) is 17.3 Å². The van der Waals surface area contributed by atoms with Crippen LogP contribution >= 0.6 is 11.6 Å². The molecule has 1 N–H and O–H groups in total. The zero-order valence-corrected chi connectivity index (χ0v) is 26.9. The number of anilines is 1. The maximum absolute atomic E-state index is 14.2. The lowest BCUT2D eigenvalue weighted by Crippen LogP contribution is -2.53. The first-order valence-electron chi connectivity index (χ1n) is 14.1. The highest BCUT2D eigenvalue weighted by Gasteiger charge is 2.33. The summed E-state index contributed by atoms with van der Waals surface area (Å²) in [5.74, 6) is -0.593. The van der Waals surface area contributed by atoms with E-state index in [1.54, 1.807) is 30.3 Å². The molecule has 0 heterocycles. The Kier molecular flexibility index (Phi) is 11.2. The second kappa shape index (κ2) is 14.2. The predicted molar refractivity (Wildman–Crippen MR) is 171 cm³/mol. The highest BCUT2D eigenvalue weighted by atomic mass is 35.5. The molecule has 3 rings (SSSR count). The molecule has 2 amide bonds. The number of carbonyl (C=O) groups excluding carboxylic acids is 2. The molecule has 0 bridgehead atoms. The number of nitrogens with zero attached hydrogens (tertiary/aromatic N) is 2. The zero-order chi connectivity index (χ0) is 31.1. The maximum Gasteiger partial charge on any atom is 0.244 e. The van der Waals surface area contributed by atoms with E-state index in [-0.39, 0.29) is 30.2 Å². The first kappa shape index (κ1) is 33.1. The van der Waals surface area contributed by atoms with Gasteiger partial charge >= 0.3 is 0 Å². The maximum atomic E-state index is 14.2. The highest BCUT2D eigenvalue weighted by Crippen LogP contribution is 2.26. The van der Waals surface area contributed by atoms with E-state index in [9.17, 15) is 18.0 Å². The fourth-order valence-electron chi connectivity index (χ4n) is 4.55. The summed E-state index contributed by atoms with van der Waals surface area (Å²) in [6.45, 7) is 10.3. The molecule has 0 fully saturated rings. The molecule has 0 aliphatic heterocycles. The summed E-state index contributed by atoms with van der Waals surface area (Å²) in [6, 6.07) is 22.9. The van der Waals surface area contributed by atoms with Crippen LogP contribution in [-0.2, 0) is 38.0 Å². The van der Waals surface area contributed by atoms with Crippen LogP contribution in [0.3, 0.4) is 0 Å². The van der Waals surface area contributed by atoms with Gasteiger partial charge in [0.2, 0.25) is 21.8 Å². The Morgan fingerprint density at radius 2 is 1.52 bits per heavy atom. The fourth-order valence-corrected chi connectivity index (χ4v) is 5.61. The average Bonchev–Trinajstić information content (AvgIpc) is 2.91. The number of rotatable bonds is 12. The third-order valence-corrected chi connectivity index (χ3v) is 8.27. The Morgan fingerprint density at radius 3 is 2.07 bits per heavy atom. The Hall–Kier alpha value is -3.36. The van der Waals surface area contributed by atoms with Gasteiger partial charge in [-0.3, -0.25) is 13.9 Å². The lowest BCUT2D eigenvalue weighted by atomic mass is 9.87. The van der Waals surface area contributed by atoms with E-state index in [2.05, 4.69) is 26.1 Å². The number of amides is 2. The highest BCUT2D eigenvalue weighted by molar-refractivity contribution is 7.92. The second-order valence-electron chi connectivity index (χ2n) is 12.1. The van der Waals surface area contributed by atoms with Crippen LogP contribution in [0.15, 0.2) is 78.9 Å². The lowest BCUT2D eigenvalue weighted by Gasteiger charge is -2.33. The van der Waals surface area contributed by atoms with Crippen molar-refractivity contribution in [2.75, 3.05) is 23.7 Å². The minimum Gasteiger partial charge on any atom is -0.354 e. The van der Waals surface area contributed by atoms with Gasteiger partial charge in [-0.1, -0.05) is 101 Å². The second-order valence-corrected chi connectivity index (χ2v) is 14.4. The third-order valence-electron chi connectivity index (χ3n) is 6.90. The van der Waals surface area contributed by atoms with Crippen LogP contribution in [0.4, 0.5) is 5.69 Å². The van der Waals surface area contributed by atoms with Crippen molar-refractivity contribution >= 4 is 39.1 Å². The number of hydrogen-bond donors (Lipinski definition) is 1. The number of benzene rings is 3. The largest absolute Gasteiger partial charge is 0.354 e. The molecular weight excluding hydrogens is 570 g/mol. The smallest absolute Gasteiger partial charge is 0.244 e. The van der Waals surface area contributed by atoms with E-state index in [4.69, 9.17) is 11.6 Å². The standard InChI is InChI=1S/C33H42ClN3O4S/c1-24(2)21-35-32(39)30(20-25-11-8-7-9-12-25)36(22-26-13-10-14-28(34)19-26)31(38)23-37(42(6,40)41)29-17-15-27(16-18-29)33(3,4)5/h7-19,24,30H,20-23H2,1-6H3,(H,35,39). The van der Waals surface area contributed by atoms with Gasteiger partial charge in [0.25, 0.3) is 0 Å². The molecule has 0 aromatic heterocycles. The van der Waals surface area contributed by atoms with Crippen LogP contribution < -0.4 is 9.62 Å². The number of sulfonamides is 1. The van der Waals surface area contributed by atoms with Gasteiger partial charge < -0.3 is 10.2 Å². The molecule has 1 atom stereocenters. The topological polar surface area (TPSA) is 86.8 Å².